The van der Waals surface area contributed by atoms with Gasteiger partial charge in [0.05, 0.1) is 12.8 Å². The van der Waals surface area contributed by atoms with Crippen molar-refractivity contribution in [1.29, 1.82) is 0 Å². The maximum absolute atomic E-state index is 13.5. The highest BCUT2D eigenvalue weighted by molar-refractivity contribution is 6.13. The minimum absolute atomic E-state index is 0.0678. The van der Waals surface area contributed by atoms with Crippen molar-refractivity contribution in [3.8, 4) is 5.88 Å². The van der Waals surface area contributed by atoms with E-state index in [4.69, 9.17) is 22.6 Å². The van der Waals surface area contributed by atoms with E-state index in [9.17, 15) is 28.7 Å². The van der Waals surface area contributed by atoms with E-state index >= 15 is 0 Å². The SMILES string of the molecule is COC(=O)c1cc(C(=O)O)nc2c(O)nnn12.Nc1c(Nc2cc(CNCl)ccc2F)c(=O)c1=O. The van der Waals surface area contributed by atoms with Crippen LogP contribution < -0.4 is 26.7 Å². The summed E-state index contributed by atoms with van der Waals surface area (Å²) in [6.07, 6.45) is 0. The first-order valence-corrected chi connectivity index (χ1v) is 9.71. The van der Waals surface area contributed by atoms with Crippen molar-refractivity contribution in [3.05, 3.63) is 67.5 Å². The summed E-state index contributed by atoms with van der Waals surface area (Å²) in [5.41, 5.74) is 3.53. The second-order valence-electron chi connectivity index (χ2n) is 6.67. The van der Waals surface area contributed by atoms with Gasteiger partial charge in [-0.15, -0.1) is 0 Å². The van der Waals surface area contributed by atoms with Gasteiger partial charge < -0.3 is 26.0 Å². The number of anilines is 3. The number of benzene rings is 1. The van der Waals surface area contributed by atoms with Gasteiger partial charge in [0.15, 0.2) is 11.4 Å². The van der Waals surface area contributed by atoms with Crippen LogP contribution in [0.3, 0.4) is 0 Å². The molecular weight excluding hydrogens is 493 g/mol. The van der Waals surface area contributed by atoms with Gasteiger partial charge in [0, 0.05) is 12.6 Å². The number of hydrogen-bond acceptors (Lipinski definition) is 12. The Morgan fingerprint density at radius 2 is 1.97 bits per heavy atom. The van der Waals surface area contributed by atoms with Crippen molar-refractivity contribution in [2.75, 3.05) is 18.2 Å². The van der Waals surface area contributed by atoms with E-state index in [1.54, 1.807) is 6.07 Å². The number of carbonyl (C=O) groups is 2. The van der Waals surface area contributed by atoms with Crippen LogP contribution in [0.15, 0.2) is 33.9 Å². The number of aromatic hydroxyl groups is 1. The lowest BCUT2D eigenvalue weighted by Crippen LogP contribution is -2.36. The molecule has 0 aliphatic rings. The lowest BCUT2D eigenvalue weighted by molar-refractivity contribution is 0.0590. The third-order valence-corrected chi connectivity index (χ3v) is 4.61. The predicted octanol–water partition coefficient (Wildman–Crippen LogP) is 0.306. The number of nitrogens with zero attached hydrogens (tertiary/aromatic N) is 4. The summed E-state index contributed by atoms with van der Waals surface area (Å²) in [5, 5.41) is 27.3. The van der Waals surface area contributed by atoms with Gasteiger partial charge in [0.25, 0.3) is 16.7 Å². The summed E-state index contributed by atoms with van der Waals surface area (Å²) in [7, 11) is 1.13. The van der Waals surface area contributed by atoms with Gasteiger partial charge in [-0.05, 0) is 29.5 Å². The number of carboxylic acids is 1. The lowest BCUT2D eigenvalue weighted by Gasteiger charge is -2.11. The number of nitrogens with one attached hydrogen (secondary N) is 2. The standard InChI is InChI=1S/C11H9ClFN3O2.C8H6N4O5/c12-15-4-5-1-2-6(13)7(3-5)16-9-8(14)10(17)11(9)18;1-17-8(16)4-2-3(7(14)15)9-5-6(13)10-11-12(4)5/h1-3,15-16H,4,14H2;2,13H,1H3,(H,14,15). The Morgan fingerprint density at radius 3 is 2.57 bits per heavy atom. The normalized spacial score (nSPS) is 10.6. The molecule has 4 aromatic rings. The molecule has 0 radical (unpaired) electrons. The number of carboxylic acid groups (broad SMARTS) is 1. The van der Waals surface area contributed by atoms with Crippen LogP contribution in [0.2, 0.25) is 0 Å². The molecule has 35 heavy (non-hydrogen) atoms. The summed E-state index contributed by atoms with van der Waals surface area (Å²) in [6, 6.07) is 5.23. The molecule has 2 heterocycles. The van der Waals surface area contributed by atoms with E-state index in [2.05, 4.69) is 30.2 Å². The number of nitrogens with two attached hydrogens (primary N) is 1. The molecule has 0 aliphatic heterocycles. The Balaban J connectivity index is 0.000000196. The number of methoxy groups -OCH3 is 1. The first kappa shape index (κ1) is 25.0. The van der Waals surface area contributed by atoms with Crippen molar-refractivity contribution in [3.63, 3.8) is 0 Å². The number of hydrogen-bond donors (Lipinski definition) is 5. The zero-order valence-electron chi connectivity index (χ0n) is 17.6. The number of ether oxygens (including phenoxy) is 1. The number of halogens is 2. The zero-order valence-corrected chi connectivity index (χ0v) is 18.3. The Hall–Kier alpha value is -4.63. The van der Waals surface area contributed by atoms with Crippen LogP contribution in [0.5, 0.6) is 5.88 Å². The maximum atomic E-state index is 13.5. The van der Waals surface area contributed by atoms with Gasteiger partial charge in [-0.2, -0.15) is 4.52 Å². The third kappa shape index (κ3) is 4.99. The zero-order chi connectivity index (χ0) is 25.9. The molecule has 14 nitrogen and oxygen atoms in total. The molecule has 0 unspecified atom stereocenters. The van der Waals surface area contributed by atoms with Crippen LogP contribution in [0.1, 0.15) is 26.5 Å². The minimum atomic E-state index is -1.35. The second-order valence-corrected chi connectivity index (χ2v) is 6.94. The molecule has 0 fully saturated rings. The molecular formula is C19H15ClFN7O7. The van der Waals surface area contributed by atoms with E-state index in [0.29, 0.717) is 12.1 Å². The molecule has 0 bridgehead atoms. The van der Waals surface area contributed by atoms with Crippen LogP contribution in [0, 0.1) is 5.82 Å². The van der Waals surface area contributed by atoms with Crippen molar-refractivity contribution in [2.24, 2.45) is 0 Å². The number of aromatic nitrogens is 4. The highest BCUT2D eigenvalue weighted by Crippen LogP contribution is 2.22. The number of nitrogen functional groups attached to an aromatic ring is 1. The van der Waals surface area contributed by atoms with E-state index < -0.39 is 40.2 Å². The third-order valence-electron chi connectivity index (χ3n) is 4.48. The molecule has 2 aromatic carbocycles. The number of carbonyl (C=O) groups excluding carboxylic acids is 1. The first-order valence-electron chi connectivity index (χ1n) is 9.33. The molecule has 0 saturated carbocycles. The Kier molecular flexibility index (Phi) is 7.22. The van der Waals surface area contributed by atoms with Crippen LogP contribution in [-0.4, -0.2) is 49.1 Å². The van der Waals surface area contributed by atoms with E-state index in [1.165, 1.54) is 12.1 Å². The van der Waals surface area contributed by atoms with Crippen molar-refractivity contribution in [2.45, 2.75) is 6.54 Å². The Morgan fingerprint density at radius 1 is 1.26 bits per heavy atom. The molecule has 16 heteroatoms. The predicted molar refractivity (Wildman–Crippen MR) is 119 cm³/mol. The van der Waals surface area contributed by atoms with E-state index in [1.807, 2.05) is 0 Å². The van der Waals surface area contributed by atoms with Crippen LogP contribution in [0.4, 0.5) is 21.5 Å². The van der Waals surface area contributed by atoms with Crippen molar-refractivity contribution < 1.29 is 28.9 Å². The summed E-state index contributed by atoms with van der Waals surface area (Å²) >= 11 is 5.35. The highest BCUT2D eigenvalue weighted by atomic mass is 35.5. The van der Waals surface area contributed by atoms with Crippen LogP contribution in [-0.2, 0) is 11.3 Å². The average Bonchev–Trinajstić information content (AvgIpc) is 3.23. The monoisotopic (exact) mass is 507 g/mol. The number of rotatable bonds is 6. The van der Waals surface area contributed by atoms with Gasteiger partial charge in [0.2, 0.25) is 5.65 Å². The number of esters is 1. The van der Waals surface area contributed by atoms with Gasteiger partial charge in [-0.3, -0.25) is 9.59 Å². The summed E-state index contributed by atoms with van der Waals surface area (Å²) in [5.74, 6) is -3.29. The topological polar surface area (TPSA) is 211 Å². The number of fused-ring (bicyclic) bond motifs is 1. The summed E-state index contributed by atoms with van der Waals surface area (Å²) in [6.45, 7) is 0.331. The summed E-state index contributed by atoms with van der Waals surface area (Å²) < 4.78 is 18.9. The van der Waals surface area contributed by atoms with Crippen molar-refractivity contribution in [1.82, 2.24) is 24.6 Å². The molecule has 0 spiro atoms. The molecule has 0 saturated heterocycles. The molecule has 0 aliphatic carbocycles. The number of aromatic carboxylic acids is 1. The molecule has 6 N–H and O–H groups in total. The van der Waals surface area contributed by atoms with E-state index in [-0.39, 0.29) is 28.4 Å². The van der Waals surface area contributed by atoms with Gasteiger partial charge >= 0.3 is 11.9 Å². The van der Waals surface area contributed by atoms with Crippen LogP contribution in [0.25, 0.3) is 5.65 Å². The fourth-order valence-corrected chi connectivity index (χ4v) is 2.90. The molecule has 2 aromatic heterocycles. The van der Waals surface area contributed by atoms with Crippen LogP contribution >= 0.6 is 11.8 Å². The first-order chi connectivity index (χ1) is 16.6. The lowest BCUT2D eigenvalue weighted by atomic mass is 10.1. The van der Waals surface area contributed by atoms with Gasteiger partial charge in [0.1, 0.15) is 17.2 Å². The largest absolute Gasteiger partial charge is 0.489 e. The summed E-state index contributed by atoms with van der Waals surface area (Å²) in [4.78, 5) is 50.3. The second kappa shape index (κ2) is 10.1. The average molecular weight is 508 g/mol. The fourth-order valence-electron chi connectivity index (χ4n) is 2.75. The van der Waals surface area contributed by atoms with E-state index in [0.717, 1.165) is 17.7 Å². The van der Waals surface area contributed by atoms with Gasteiger partial charge in [-0.25, -0.2) is 23.8 Å². The van der Waals surface area contributed by atoms with Gasteiger partial charge in [-0.1, -0.05) is 16.4 Å². The Bertz CT molecular complexity index is 1510. The molecule has 0 atom stereocenters. The highest BCUT2D eigenvalue weighted by Gasteiger charge is 2.21. The maximum Gasteiger partial charge on any atom is 0.356 e. The van der Waals surface area contributed by atoms with Crippen molar-refractivity contribution >= 4 is 46.4 Å². The molecule has 4 rings (SSSR count). The minimum Gasteiger partial charge on any atom is -0.489 e. The molecule has 0 amide bonds. The molecule has 182 valence electrons. The quantitative estimate of drug-likeness (QED) is 0.135. The fraction of sp³-hybridized carbons (Fsp3) is 0.105. The Labute approximate surface area is 198 Å². The smallest absolute Gasteiger partial charge is 0.356 e.